The Morgan fingerprint density at radius 2 is 2.43 bits per heavy atom. The molecule has 2 heterocycles. The lowest BCUT2D eigenvalue weighted by Gasteiger charge is -1.90. The average molecular weight is 210 g/mol. The summed E-state index contributed by atoms with van der Waals surface area (Å²) in [5, 5.41) is 2.52. The summed E-state index contributed by atoms with van der Waals surface area (Å²) in [6, 6.07) is 3.71. The number of thiazole rings is 1. The summed E-state index contributed by atoms with van der Waals surface area (Å²) in [7, 11) is 1.59. The van der Waals surface area contributed by atoms with Crippen LogP contribution in [0.2, 0.25) is 0 Å². The van der Waals surface area contributed by atoms with Crippen LogP contribution in [0.3, 0.4) is 0 Å². The summed E-state index contributed by atoms with van der Waals surface area (Å²) in [5.74, 6) is 1.48. The Morgan fingerprint density at radius 1 is 1.57 bits per heavy atom. The highest BCUT2D eigenvalue weighted by Crippen LogP contribution is 2.27. The fourth-order valence-electron chi connectivity index (χ4n) is 1.09. The van der Waals surface area contributed by atoms with Crippen LogP contribution in [-0.4, -0.2) is 12.1 Å². The van der Waals surface area contributed by atoms with Gasteiger partial charge in [0.1, 0.15) is 11.5 Å². The van der Waals surface area contributed by atoms with Gasteiger partial charge in [0.2, 0.25) is 0 Å². The summed E-state index contributed by atoms with van der Waals surface area (Å²) in [4.78, 5) is 4.21. The molecule has 0 atom stereocenters. The number of aromatic nitrogens is 1. The Morgan fingerprint density at radius 3 is 3.00 bits per heavy atom. The second-order valence-corrected chi connectivity index (χ2v) is 3.49. The van der Waals surface area contributed by atoms with E-state index in [2.05, 4.69) is 4.98 Å². The quantitative estimate of drug-likeness (QED) is 0.840. The third-order valence-electron chi connectivity index (χ3n) is 1.77. The Hall–Kier alpha value is -1.33. The van der Waals surface area contributed by atoms with E-state index in [-0.39, 0.29) is 0 Å². The first kappa shape index (κ1) is 9.23. The van der Waals surface area contributed by atoms with Gasteiger partial charge in [-0.1, -0.05) is 11.3 Å². The Kier molecular flexibility index (Phi) is 2.51. The molecule has 0 spiro atoms. The van der Waals surface area contributed by atoms with Crippen LogP contribution in [-0.2, 0) is 6.54 Å². The fraction of sp³-hybridized carbons (Fsp3) is 0.222. The van der Waals surface area contributed by atoms with Crippen LogP contribution in [0, 0.1) is 0 Å². The predicted molar refractivity (Wildman–Crippen MR) is 54.3 cm³/mol. The number of hydrogen-bond donors (Lipinski definition) is 1. The van der Waals surface area contributed by atoms with Crippen molar-refractivity contribution in [2.45, 2.75) is 6.54 Å². The molecule has 2 rings (SSSR count). The molecule has 5 heteroatoms. The van der Waals surface area contributed by atoms with E-state index in [4.69, 9.17) is 14.9 Å². The molecule has 0 aliphatic carbocycles. The van der Waals surface area contributed by atoms with Gasteiger partial charge >= 0.3 is 0 Å². The molecule has 0 saturated heterocycles. The highest BCUT2D eigenvalue weighted by molar-refractivity contribution is 7.11. The van der Waals surface area contributed by atoms with Gasteiger partial charge in [-0.05, 0) is 12.1 Å². The molecule has 14 heavy (non-hydrogen) atoms. The van der Waals surface area contributed by atoms with E-state index in [0.717, 1.165) is 17.2 Å². The number of nitrogens with zero attached hydrogens (tertiary/aromatic N) is 1. The van der Waals surface area contributed by atoms with Gasteiger partial charge in [0.15, 0.2) is 5.76 Å². The first-order valence-corrected chi connectivity index (χ1v) is 5.00. The van der Waals surface area contributed by atoms with Crippen LogP contribution in [0.25, 0.3) is 11.5 Å². The molecule has 0 aliphatic heterocycles. The summed E-state index contributed by atoms with van der Waals surface area (Å²) < 4.78 is 10.4. The number of hydrogen-bond acceptors (Lipinski definition) is 5. The highest BCUT2D eigenvalue weighted by atomic mass is 32.1. The van der Waals surface area contributed by atoms with Crippen LogP contribution >= 0.6 is 11.3 Å². The molecule has 0 aliphatic rings. The van der Waals surface area contributed by atoms with E-state index in [1.165, 1.54) is 11.3 Å². The molecule has 2 aromatic rings. The van der Waals surface area contributed by atoms with Crippen LogP contribution in [0.5, 0.6) is 5.19 Å². The molecule has 74 valence electrons. The van der Waals surface area contributed by atoms with Gasteiger partial charge in [-0.15, -0.1) is 0 Å². The average Bonchev–Trinajstić information content (AvgIpc) is 2.86. The van der Waals surface area contributed by atoms with E-state index in [9.17, 15) is 0 Å². The maximum Gasteiger partial charge on any atom is 0.273 e. The minimum absolute atomic E-state index is 0.404. The lowest BCUT2D eigenvalue weighted by atomic mass is 10.3. The minimum atomic E-state index is 0.404. The van der Waals surface area contributed by atoms with Crippen molar-refractivity contribution in [2.24, 2.45) is 5.73 Å². The van der Waals surface area contributed by atoms with Crippen molar-refractivity contribution >= 4 is 11.3 Å². The molecule has 0 aromatic carbocycles. The van der Waals surface area contributed by atoms with Crippen molar-refractivity contribution in [3.05, 3.63) is 23.3 Å². The summed E-state index contributed by atoms with van der Waals surface area (Å²) >= 11 is 1.44. The Labute approximate surface area is 85.3 Å². The van der Waals surface area contributed by atoms with Gasteiger partial charge in [-0.3, -0.25) is 0 Å². The van der Waals surface area contributed by atoms with Crippen molar-refractivity contribution in [3.8, 4) is 16.6 Å². The molecule has 0 fully saturated rings. The van der Waals surface area contributed by atoms with Gasteiger partial charge in [-0.25, -0.2) is 0 Å². The molecule has 0 amide bonds. The van der Waals surface area contributed by atoms with Crippen molar-refractivity contribution in [3.63, 3.8) is 0 Å². The van der Waals surface area contributed by atoms with Gasteiger partial charge in [0, 0.05) is 5.38 Å². The molecule has 0 radical (unpaired) electrons. The van der Waals surface area contributed by atoms with E-state index >= 15 is 0 Å². The van der Waals surface area contributed by atoms with E-state index in [0.29, 0.717) is 11.7 Å². The molecular weight excluding hydrogens is 200 g/mol. The maximum atomic E-state index is 5.44. The first-order chi connectivity index (χ1) is 6.83. The lowest BCUT2D eigenvalue weighted by molar-refractivity contribution is 0.411. The number of methoxy groups -OCH3 is 1. The smallest absolute Gasteiger partial charge is 0.273 e. The monoisotopic (exact) mass is 210 g/mol. The minimum Gasteiger partial charge on any atom is -0.473 e. The highest BCUT2D eigenvalue weighted by Gasteiger charge is 2.08. The zero-order chi connectivity index (χ0) is 9.97. The number of furan rings is 1. The van der Waals surface area contributed by atoms with Crippen molar-refractivity contribution in [1.82, 2.24) is 4.98 Å². The van der Waals surface area contributed by atoms with E-state index in [1.807, 2.05) is 17.5 Å². The van der Waals surface area contributed by atoms with Crippen LogP contribution < -0.4 is 10.5 Å². The topological polar surface area (TPSA) is 61.3 Å². The van der Waals surface area contributed by atoms with Crippen molar-refractivity contribution in [1.29, 1.82) is 0 Å². The van der Waals surface area contributed by atoms with Crippen molar-refractivity contribution in [2.75, 3.05) is 7.11 Å². The zero-order valence-electron chi connectivity index (χ0n) is 7.69. The normalized spacial score (nSPS) is 10.4. The van der Waals surface area contributed by atoms with E-state index < -0.39 is 0 Å². The molecule has 0 bridgehead atoms. The molecule has 0 unspecified atom stereocenters. The molecule has 2 aromatic heterocycles. The zero-order valence-corrected chi connectivity index (χ0v) is 8.50. The second-order valence-electron chi connectivity index (χ2n) is 2.67. The van der Waals surface area contributed by atoms with Crippen molar-refractivity contribution < 1.29 is 9.15 Å². The van der Waals surface area contributed by atoms with Gasteiger partial charge in [0.05, 0.1) is 13.7 Å². The maximum absolute atomic E-state index is 5.44. The van der Waals surface area contributed by atoms with Gasteiger partial charge in [-0.2, -0.15) is 4.98 Å². The van der Waals surface area contributed by atoms with Gasteiger partial charge < -0.3 is 14.9 Å². The predicted octanol–water partition coefficient (Wildman–Crippen LogP) is 1.87. The standard InChI is InChI=1S/C9H10N2O2S/c1-12-9-11-7(5-14-9)8-3-2-6(4-10)13-8/h2-3,5H,4,10H2,1H3. The first-order valence-electron chi connectivity index (χ1n) is 4.12. The fourth-order valence-corrected chi connectivity index (χ4v) is 1.72. The van der Waals surface area contributed by atoms with Crippen LogP contribution in [0.15, 0.2) is 21.9 Å². The van der Waals surface area contributed by atoms with Gasteiger partial charge in [0.25, 0.3) is 5.19 Å². The summed E-state index contributed by atoms with van der Waals surface area (Å²) in [5.41, 5.74) is 6.22. The Bertz CT molecular complexity index is 382. The number of nitrogens with two attached hydrogens (primary N) is 1. The van der Waals surface area contributed by atoms with Crippen LogP contribution in [0.4, 0.5) is 0 Å². The molecule has 4 nitrogen and oxygen atoms in total. The SMILES string of the molecule is COc1nc(-c2ccc(CN)o2)cs1. The number of rotatable bonds is 3. The Balaban J connectivity index is 2.29. The third-order valence-corrected chi connectivity index (χ3v) is 2.57. The molecule has 0 saturated carbocycles. The largest absolute Gasteiger partial charge is 0.473 e. The summed E-state index contributed by atoms with van der Waals surface area (Å²) in [6.45, 7) is 0.404. The van der Waals surface area contributed by atoms with Crippen LogP contribution in [0.1, 0.15) is 5.76 Å². The lowest BCUT2D eigenvalue weighted by Crippen LogP contribution is -1.92. The number of ether oxygens (including phenoxy) is 1. The molecular formula is C9H10N2O2S. The second kappa shape index (κ2) is 3.81. The van der Waals surface area contributed by atoms with E-state index in [1.54, 1.807) is 7.11 Å². The summed E-state index contributed by atoms with van der Waals surface area (Å²) in [6.07, 6.45) is 0. The third kappa shape index (κ3) is 1.64. The molecule has 2 N–H and O–H groups in total.